The highest BCUT2D eigenvalue weighted by Gasteiger charge is 2.48. The van der Waals surface area contributed by atoms with Crippen LogP contribution in [-0.2, 0) is 22.7 Å². The fraction of sp³-hybridized carbons (Fsp3) is 0.441. The lowest BCUT2D eigenvalue weighted by atomic mass is 9.75. The third-order valence-electron chi connectivity index (χ3n) is 8.20. The van der Waals surface area contributed by atoms with Crippen LogP contribution in [0.1, 0.15) is 55.9 Å². The van der Waals surface area contributed by atoms with Crippen molar-refractivity contribution in [2.24, 2.45) is 5.92 Å². The van der Waals surface area contributed by atoms with Crippen molar-refractivity contribution in [2.45, 2.75) is 64.1 Å². The highest BCUT2D eigenvalue weighted by Crippen LogP contribution is 2.51. The monoisotopic (exact) mass is 560 g/mol. The van der Waals surface area contributed by atoms with E-state index in [0.29, 0.717) is 25.3 Å². The molecule has 6 nitrogen and oxygen atoms in total. The van der Waals surface area contributed by atoms with Gasteiger partial charge in [-0.15, -0.1) is 0 Å². The van der Waals surface area contributed by atoms with E-state index in [9.17, 15) is 9.18 Å². The van der Waals surface area contributed by atoms with Crippen LogP contribution < -0.4 is 9.47 Å². The zero-order chi connectivity index (χ0) is 29.0. The molecule has 3 aromatic carbocycles. The molecule has 1 saturated heterocycles. The third kappa shape index (κ3) is 7.08. The minimum atomic E-state index is -0.401. The van der Waals surface area contributed by atoms with Crippen molar-refractivity contribution in [3.63, 3.8) is 0 Å². The van der Waals surface area contributed by atoms with Crippen LogP contribution in [-0.4, -0.2) is 54.6 Å². The van der Waals surface area contributed by atoms with Gasteiger partial charge in [0.25, 0.3) is 0 Å². The molecule has 3 aromatic rings. The number of halogens is 1. The predicted molar refractivity (Wildman–Crippen MR) is 157 cm³/mol. The summed E-state index contributed by atoms with van der Waals surface area (Å²) in [6.45, 7) is 6.15. The number of likely N-dealkylation sites (N-methyl/N-ethyl adjacent to an activating group) is 1. The molecule has 0 aromatic heterocycles. The van der Waals surface area contributed by atoms with Gasteiger partial charge in [0.1, 0.15) is 29.5 Å². The average molecular weight is 561 g/mol. The number of hydrogen-bond acceptors (Lipinski definition) is 5. The van der Waals surface area contributed by atoms with Crippen LogP contribution >= 0.6 is 0 Å². The smallest absolute Gasteiger partial charge is 0.225 e. The number of nitrogens with zero attached hydrogens (tertiary/aromatic N) is 2. The molecule has 0 radical (unpaired) electrons. The van der Waals surface area contributed by atoms with Crippen molar-refractivity contribution in [1.82, 2.24) is 9.80 Å². The lowest BCUT2D eigenvalue weighted by Gasteiger charge is -2.48. The molecule has 218 valence electrons. The SMILES string of the molecule is CN(C)CCN(Cc1ccccc1F)C(=O)C[C@@H]1CC[C@@H]2[C@@H](O1)c1cc(OCc3ccccc3)ccc1OC2(C)C. The molecular weight excluding hydrogens is 519 g/mol. The first-order valence-corrected chi connectivity index (χ1v) is 14.5. The van der Waals surface area contributed by atoms with Crippen molar-refractivity contribution in [1.29, 1.82) is 0 Å². The summed E-state index contributed by atoms with van der Waals surface area (Å²) in [6.07, 6.45) is 1.46. The summed E-state index contributed by atoms with van der Waals surface area (Å²) in [4.78, 5) is 17.4. The van der Waals surface area contributed by atoms with Crippen molar-refractivity contribution >= 4 is 5.91 Å². The van der Waals surface area contributed by atoms with Crippen LogP contribution in [0.4, 0.5) is 4.39 Å². The zero-order valence-corrected chi connectivity index (χ0v) is 24.5. The normalized spacial score (nSPS) is 21.0. The van der Waals surface area contributed by atoms with E-state index >= 15 is 0 Å². The molecule has 0 saturated carbocycles. The third-order valence-corrected chi connectivity index (χ3v) is 8.20. The molecule has 7 heteroatoms. The lowest BCUT2D eigenvalue weighted by molar-refractivity contribution is -0.160. The summed E-state index contributed by atoms with van der Waals surface area (Å²) >= 11 is 0. The summed E-state index contributed by atoms with van der Waals surface area (Å²) < 4.78 is 33.7. The van der Waals surface area contributed by atoms with Gasteiger partial charge in [0.05, 0.1) is 18.6 Å². The van der Waals surface area contributed by atoms with Crippen molar-refractivity contribution in [2.75, 3.05) is 27.2 Å². The Kier molecular flexibility index (Phi) is 8.95. The summed E-state index contributed by atoms with van der Waals surface area (Å²) in [5, 5.41) is 0. The first-order valence-electron chi connectivity index (χ1n) is 14.5. The Morgan fingerprint density at radius 1 is 1.00 bits per heavy atom. The van der Waals surface area contributed by atoms with E-state index < -0.39 is 5.60 Å². The zero-order valence-electron chi connectivity index (χ0n) is 24.5. The number of fused-ring (bicyclic) bond motifs is 3. The second-order valence-corrected chi connectivity index (χ2v) is 12.0. The van der Waals surface area contributed by atoms with Crippen LogP contribution in [0, 0.1) is 11.7 Å². The summed E-state index contributed by atoms with van der Waals surface area (Å²) in [6, 6.07) is 22.7. The van der Waals surface area contributed by atoms with Crippen molar-refractivity contribution in [3.05, 3.63) is 95.3 Å². The average Bonchev–Trinajstić information content (AvgIpc) is 2.95. The van der Waals surface area contributed by atoms with Gasteiger partial charge in [-0.1, -0.05) is 48.5 Å². The molecule has 1 fully saturated rings. The maximum Gasteiger partial charge on any atom is 0.225 e. The van der Waals surface area contributed by atoms with Crippen molar-refractivity contribution < 1.29 is 23.4 Å². The predicted octanol–water partition coefficient (Wildman–Crippen LogP) is 6.39. The van der Waals surface area contributed by atoms with E-state index in [2.05, 4.69) is 13.8 Å². The number of benzene rings is 3. The van der Waals surface area contributed by atoms with Gasteiger partial charge in [0.2, 0.25) is 5.91 Å². The fourth-order valence-electron chi connectivity index (χ4n) is 5.84. The fourth-order valence-corrected chi connectivity index (χ4v) is 5.84. The van der Waals surface area contributed by atoms with E-state index in [-0.39, 0.29) is 42.8 Å². The lowest BCUT2D eigenvalue weighted by Crippen LogP contribution is -2.49. The Bertz CT molecular complexity index is 1330. The van der Waals surface area contributed by atoms with Gasteiger partial charge >= 0.3 is 0 Å². The van der Waals surface area contributed by atoms with Gasteiger partial charge in [0, 0.05) is 36.7 Å². The molecule has 0 N–H and O–H groups in total. The van der Waals surface area contributed by atoms with Crippen LogP contribution in [0.2, 0.25) is 0 Å². The van der Waals surface area contributed by atoms with Crippen molar-refractivity contribution in [3.8, 4) is 11.5 Å². The second-order valence-electron chi connectivity index (χ2n) is 12.0. The molecule has 41 heavy (non-hydrogen) atoms. The number of amides is 1. The largest absolute Gasteiger partial charge is 0.489 e. The van der Waals surface area contributed by atoms with E-state index in [1.807, 2.05) is 67.5 Å². The van der Waals surface area contributed by atoms with E-state index in [1.54, 1.807) is 23.1 Å². The summed E-state index contributed by atoms with van der Waals surface area (Å²) in [5.41, 5.74) is 2.18. The molecule has 0 bridgehead atoms. The highest BCUT2D eigenvalue weighted by molar-refractivity contribution is 5.76. The van der Waals surface area contributed by atoms with E-state index in [0.717, 1.165) is 35.5 Å². The molecule has 5 rings (SSSR count). The highest BCUT2D eigenvalue weighted by atomic mass is 19.1. The van der Waals surface area contributed by atoms with Gasteiger partial charge in [0.15, 0.2) is 0 Å². The first-order chi connectivity index (χ1) is 19.7. The number of carbonyl (C=O) groups excluding carboxylic acids is 1. The van der Waals surface area contributed by atoms with E-state index in [4.69, 9.17) is 14.2 Å². The number of carbonyl (C=O) groups is 1. The van der Waals surface area contributed by atoms with Gasteiger partial charge in [-0.3, -0.25) is 4.79 Å². The molecule has 1 amide bonds. The van der Waals surface area contributed by atoms with Gasteiger partial charge in [-0.2, -0.15) is 0 Å². The second kappa shape index (κ2) is 12.6. The minimum absolute atomic E-state index is 0.0231. The molecule has 0 unspecified atom stereocenters. The Hall–Kier alpha value is -3.42. The molecule has 0 aliphatic carbocycles. The number of ether oxygens (including phenoxy) is 3. The number of rotatable bonds is 10. The van der Waals surface area contributed by atoms with Gasteiger partial charge in [-0.25, -0.2) is 4.39 Å². The Balaban J connectivity index is 1.31. The Labute approximate surface area is 243 Å². The number of hydrogen-bond donors (Lipinski definition) is 0. The molecule has 0 spiro atoms. The quantitative estimate of drug-likeness (QED) is 0.288. The van der Waals surface area contributed by atoms with Gasteiger partial charge < -0.3 is 24.0 Å². The molecule has 3 atom stereocenters. The minimum Gasteiger partial charge on any atom is -0.489 e. The summed E-state index contributed by atoms with van der Waals surface area (Å²) in [5.74, 6) is 1.39. The van der Waals surface area contributed by atoms with Crippen LogP contribution in [0.5, 0.6) is 11.5 Å². The first kappa shape index (κ1) is 29.1. The Morgan fingerprint density at radius 3 is 2.51 bits per heavy atom. The maximum atomic E-state index is 14.5. The topological polar surface area (TPSA) is 51.2 Å². The van der Waals surface area contributed by atoms with Gasteiger partial charge in [-0.05, 0) is 70.6 Å². The molecular formula is C34H41FN2O4. The van der Waals surface area contributed by atoms with Crippen LogP contribution in [0.25, 0.3) is 0 Å². The maximum absolute atomic E-state index is 14.5. The van der Waals surface area contributed by atoms with Crippen LogP contribution in [0.15, 0.2) is 72.8 Å². The summed E-state index contributed by atoms with van der Waals surface area (Å²) in [7, 11) is 3.94. The Morgan fingerprint density at radius 2 is 1.76 bits per heavy atom. The van der Waals surface area contributed by atoms with E-state index in [1.165, 1.54) is 6.07 Å². The van der Waals surface area contributed by atoms with Crippen LogP contribution in [0.3, 0.4) is 0 Å². The molecule has 2 aliphatic rings. The molecule has 2 aliphatic heterocycles. The standard InChI is InChI=1S/C34H41FN2O4/c1-34(2)29-16-14-27(21-32(38)37(19-18-36(3)4)22-25-12-8-9-13-30(25)35)40-33(29)28-20-26(15-17-31(28)41-34)39-23-24-10-6-5-7-11-24/h5-13,15,17,20,27,29,33H,14,16,18-19,21-23H2,1-4H3/t27-,29+,33-/m0/s1. The molecule has 2 heterocycles.